The molecule has 1 aromatic carbocycles. The Labute approximate surface area is 191 Å². The third kappa shape index (κ3) is 6.90. The lowest BCUT2D eigenvalue weighted by atomic mass is 9.90. The smallest absolute Gasteiger partial charge is 0.0728 e. The molecule has 1 unspecified atom stereocenters. The van der Waals surface area contributed by atoms with Crippen LogP contribution in [-0.4, -0.2) is 52.2 Å². The van der Waals surface area contributed by atoms with E-state index in [1.807, 2.05) is 19.3 Å². The van der Waals surface area contributed by atoms with Crippen LogP contribution in [0.1, 0.15) is 44.1 Å². The number of rotatable bonds is 13. The van der Waals surface area contributed by atoms with Gasteiger partial charge >= 0.3 is 0 Å². The van der Waals surface area contributed by atoms with Gasteiger partial charge in [-0.25, -0.2) is 0 Å². The number of nitrogens with one attached hydrogen (secondary N) is 1. The fraction of sp³-hybridized carbons (Fsp3) is 0.556. The fourth-order valence-corrected chi connectivity index (χ4v) is 4.75. The number of para-hydroxylation sites is 1. The highest BCUT2D eigenvalue weighted by molar-refractivity contribution is 5.76. The van der Waals surface area contributed by atoms with E-state index in [2.05, 4.69) is 79.1 Å². The minimum Gasteiger partial charge on any atom is -0.390 e. The number of hydrogen-bond acceptors (Lipinski definition) is 4. The molecule has 1 aromatic rings. The van der Waals surface area contributed by atoms with Crippen LogP contribution in [0.4, 0.5) is 11.4 Å². The van der Waals surface area contributed by atoms with Gasteiger partial charge in [0.1, 0.15) is 0 Å². The summed E-state index contributed by atoms with van der Waals surface area (Å²) in [6, 6.07) is 6.83. The number of likely N-dealkylation sites (N-methyl/N-ethyl adjacent to an activating group) is 1. The van der Waals surface area contributed by atoms with E-state index in [1.165, 1.54) is 55.7 Å². The summed E-state index contributed by atoms with van der Waals surface area (Å²) in [6.07, 6.45) is 12.2. The van der Waals surface area contributed by atoms with Crippen molar-refractivity contribution in [2.75, 3.05) is 51.1 Å². The van der Waals surface area contributed by atoms with E-state index in [9.17, 15) is 0 Å². The third-order valence-corrected chi connectivity index (χ3v) is 6.62. The fourth-order valence-electron chi connectivity index (χ4n) is 4.75. The molecule has 0 aromatic heterocycles. The highest BCUT2D eigenvalue weighted by Gasteiger charge is 2.23. The predicted molar refractivity (Wildman–Crippen MR) is 138 cm³/mol. The molecule has 0 aliphatic carbocycles. The molecule has 31 heavy (non-hydrogen) atoms. The number of piperidine rings is 1. The molecule has 0 radical (unpaired) electrons. The molecule has 4 heteroatoms. The van der Waals surface area contributed by atoms with Gasteiger partial charge in [0.25, 0.3) is 0 Å². The molecule has 2 rings (SSSR count). The Bertz CT molecular complexity index is 716. The molecule has 1 aliphatic heterocycles. The first kappa shape index (κ1) is 25.1. The number of benzene rings is 1. The van der Waals surface area contributed by atoms with Crippen molar-refractivity contribution in [3.63, 3.8) is 0 Å². The van der Waals surface area contributed by atoms with E-state index in [0.29, 0.717) is 0 Å². The SMILES string of the molecule is C=CCCC(C(=C)NC)N(C=C)c1cccc(CCCC2CCN(C)CC2)c1N(C)C. The average Bonchev–Trinajstić information content (AvgIpc) is 2.77. The number of nitrogens with zero attached hydrogens (tertiary/aromatic N) is 3. The standard InChI is InChI=1S/C27H44N4/c1-8-10-16-25(22(3)28-4)31(9-2)26-17-12-15-24(27(26)29(5)6)14-11-13-23-18-20-30(7)21-19-23/h8-9,12,15,17,23,25,28H,1-3,10-11,13-14,16,18-21H2,4-7H3. The lowest BCUT2D eigenvalue weighted by Gasteiger charge is -2.35. The Hall–Kier alpha value is -2.20. The molecule has 1 fully saturated rings. The van der Waals surface area contributed by atoms with Gasteiger partial charge in [-0.05, 0) is 82.4 Å². The van der Waals surface area contributed by atoms with Crippen LogP contribution in [0.25, 0.3) is 0 Å². The second-order valence-corrected chi connectivity index (χ2v) is 9.07. The zero-order valence-corrected chi connectivity index (χ0v) is 20.4. The van der Waals surface area contributed by atoms with E-state index < -0.39 is 0 Å². The minimum atomic E-state index is 0.133. The molecule has 172 valence electrons. The first-order valence-electron chi connectivity index (χ1n) is 11.8. The highest BCUT2D eigenvalue weighted by Crippen LogP contribution is 2.36. The number of likely N-dealkylation sites (tertiary alicyclic amines) is 1. The van der Waals surface area contributed by atoms with Crippen molar-refractivity contribution in [2.24, 2.45) is 5.92 Å². The minimum absolute atomic E-state index is 0.133. The summed E-state index contributed by atoms with van der Waals surface area (Å²) in [5.74, 6) is 0.883. The van der Waals surface area contributed by atoms with Gasteiger partial charge in [-0.2, -0.15) is 0 Å². The monoisotopic (exact) mass is 424 g/mol. The van der Waals surface area contributed by atoms with Crippen molar-refractivity contribution < 1.29 is 0 Å². The molecule has 4 nitrogen and oxygen atoms in total. The van der Waals surface area contributed by atoms with E-state index in [-0.39, 0.29) is 6.04 Å². The van der Waals surface area contributed by atoms with Crippen molar-refractivity contribution in [1.29, 1.82) is 0 Å². The molecule has 0 bridgehead atoms. The Morgan fingerprint density at radius 2 is 1.97 bits per heavy atom. The van der Waals surface area contributed by atoms with Gasteiger partial charge in [0, 0.05) is 26.8 Å². The first-order chi connectivity index (χ1) is 14.9. The maximum Gasteiger partial charge on any atom is 0.0728 e. The van der Waals surface area contributed by atoms with Crippen molar-refractivity contribution in [3.05, 3.63) is 61.5 Å². The summed E-state index contributed by atoms with van der Waals surface area (Å²) in [6.45, 7) is 14.8. The van der Waals surface area contributed by atoms with Crippen LogP contribution >= 0.6 is 0 Å². The van der Waals surface area contributed by atoms with Crippen LogP contribution in [0.3, 0.4) is 0 Å². The van der Waals surface area contributed by atoms with Gasteiger partial charge in [-0.3, -0.25) is 0 Å². The molecule has 1 saturated heterocycles. The van der Waals surface area contributed by atoms with Gasteiger partial charge in [0.05, 0.1) is 17.4 Å². The molecular weight excluding hydrogens is 380 g/mol. The van der Waals surface area contributed by atoms with Crippen molar-refractivity contribution in [1.82, 2.24) is 10.2 Å². The lowest BCUT2D eigenvalue weighted by molar-refractivity contribution is 0.210. The van der Waals surface area contributed by atoms with E-state index in [0.717, 1.165) is 30.9 Å². The van der Waals surface area contributed by atoms with Gasteiger partial charge in [0.15, 0.2) is 0 Å². The molecule has 0 amide bonds. The number of hydrogen-bond donors (Lipinski definition) is 1. The van der Waals surface area contributed by atoms with E-state index in [4.69, 9.17) is 0 Å². The summed E-state index contributed by atoms with van der Waals surface area (Å²) in [4.78, 5) is 6.98. The Kier molecular flexibility index (Phi) is 10.2. The number of allylic oxidation sites excluding steroid dienone is 1. The van der Waals surface area contributed by atoms with Crippen LogP contribution in [0.2, 0.25) is 0 Å². The Morgan fingerprint density at radius 3 is 2.55 bits per heavy atom. The average molecular weight is 425 g/mol. The first-order valence-corrected chi connectivity index (χ1v) is 11.8. The second-order valence-electron chi connectivity index (χ2n) is 9.07. The van der Waals surface area contributed by atoms with Gasteiger partial charge in [-0.1, -0.05) is 37.8 Å². The zero-order valence-electron chi connectivity index (χ0n) is 20.4. The van der Waals surface area contributed by atoms with Gasteiger partial charge in [-0.15, -0.1) is 6.58 Å². The molecule has 1 atom stereocenters. The summed E-state index contributed by atoms with van der Waals surface area (Å²) >= 11 is 0. The third-order valence-electron chi connectivity index (χ3n) is 6.62. The van der Waals surface area contributed by atoms with Crippen molar-refractivity contribution in [3.8, 4) is 0 Å². The van der Waals surface area contributed by atoms with Gasteiger partial charge < -0.3 is 20.0 Å². The normalized spacial score (nSPS) is 15.9. The lowest BCUT2D eigenvalue weighted by Crippen LogP contribution is -2.37. The zero-order chi connectivity index (χ0) is 22.8. The maximum absolute atomic E-state index is 4.27. The van der Waals surface area contributed by atoms with Crippen molar-refractivity contribution >= 4 is 11.4 Å². The number of aryl methyl sites for hydroxylation is 1. The van der Waals surface area contributed by atoms with E-state index >= 15 is 0 Å². The quantitative estimate of drug-likeness (QED) is 0.426. The maximum atomic E-state index is 4.27. The molecular formula is C27H44N4. The second kappa shape index (κ2) is 12.6. The van der Waals surface area contributed by atoms with Crippen LogP contribution in [-0.2, 0) is 6.42 Å². The predicted octanol–water partition coefficient (Wildman–Crippen LogP) is 5.43. The van der Waals surface area contributed by atoms with Crippen LogP contribution < -0.4 is 15.1 Å². The Balaban J connectivity index is 2.22. The largest absolute Gasteiger partial charge is 0.390 e. The molecule has 1 heterocycles. The van der Waals surface area contributed by atoms with Crippen molar-refractivity contribution in [2.45, 2.75) is 51.0 Å². The number of anilines is 2. The summed E-state index contributed by atoms with van der Waals surface area (Å²) in [7, 11) is 8.47. The van der Waals surface area contributed by atoms with Crippen LogP contribution in [0, 0.1) is 5.92 Å². The topological polar surface area (TPSA) is 21.8 Å². The molecule has 1 N–H and O–H groups in total. The molecule has 0 saturated carbocycles. The van der Waals surface area contributed by atoms with Crippen LogP contribution in [0.15, 0.2) is 55.9 Å². The summed E-state index contributed by atoms with van der Waals surface area (Å²) < 4.78 is 0. The van der Waals surface area contributed by atoms with E-state index in [1.54, 1.807) is 0 Å². The highest BCUT2D eigenvalue weighted by atomic mass is 15.2. The molecule has 0 spiro atoms. The van der Waals surface area contributed by atoms with Gasteiger partial charge in [0.2, 0.25) is 0 Å². The Morgan fingerprint density at radius 1 is 1.26 bits per heavy atom. The summed E-state index contributed by atoms with van der Waals surface area (Å²) in [5, 5.41) is 3.26. The van der Waals surface area contributed by atoms with Crippen LogP contribution in [0.5, 0.6) is 0 Å². The summed E-state index contributed by atoms with van der Waals surface area (Å²) in [5.41, 5.74) is 4.90. The molecule has 1 aliphatic rings.